The molecule has 3 rings (SSSR count). The molecule has 0 amide bonds. The van der Waals surface area contributed by atoms with E-state index in [1.807, 2.05) is 42.2 Å². The van der Waals surface area contributed by atoms with Crippen molar-refractivity contribution in [3.05, 3.63) is 53.9 Å². The molecule has 4 nitrogen and oxygen atoms in total. The van der Waals surface area contributed by atoms with Crippen LogP contribution < -0.4 is 5.32 Å². The Morgan fingerprint density at radius 2 is 2.05 bits per heavy atom. The Bertz CT molecular complexity index is 730. The first kappa shape index (κ1) is 12.7. The first-order valence-corrected chi connectivity index (χ1v) is 6.81. The molecule has 0 saturated carbocycles. The van der Waals surface area contributed by atoms with E-state index in [0.29, 0.717) is 0 Å². The number of aromatic nitrogens is 3. The van der Waals surface area contributed by atoms with Gasteiger partial charge in [-0.3, -0.25) is 4.68 Å². The van der Waals surface area contributed by atoms with Crippen LogP contribution in [-0.2, 0) is 13.5 Å². The number of pyridine rings is 1. The average molecular weight is 266 g/mol. The van der Waals surface area contributed by atoms with Gasteiger partial charge in [-0.1, -0.05) is 18.2 Å². The molecule has 1 aromatic carbocycles. The fourth-order valence-corrected chi connectivity index (χ4v) is 2.31. The van der Waals surface area contributed by atoms with E-state index >= 15 is 0 Å². The van der Waals surface area contributed by atoms with Gasteiger partial charge in [0.2, 0.25) is 0 Å². The fourth-order valence-electron chi connectivity index (χ4n) is 2.31. The predicted molar refractivity (Wildman–Crippen MR) is 81.9 cm³/mol. The van der Waals surface area contributed by atoms with Gasteiger partial charge in [0.05, 0.1) is 11.2 Å². The summed E-state index contributed by atoms with van der Waals surface area (Å²) in [5, 5.41) is 8.95. The maximum absolute atomic E-state index is 4.67. The average Bonchev–Trinajstić information content (AvgIpc) is 2.85. The summed E-state index contributed by atoms with van der Waals surface area (Å²) in [6, 6.07) is 12.4. The van der Waals surface area contributed by atoms with Crippen molar-refractivity contribution < 1.29 is 0 Å². The fraction of sp³-hybridized carbons (Fsp3) is 0.250. The third-order valence-electron chi connectivity index (χ3n) is 3.36. The molecule has 0 fully saturated rings. The van der Waals surface area contributed by atoms with Gasteiger partial charge in [0.15, 0.2) is 0 Å². The van der Waals surface area contributed by atoms with Crippen molar-refractivity contribution in [2.24, 2.45) is 7.05 Å². The monoisotopic (exact) mass is 266 g/mol. The summed E-state index contributed by atoms with van der Waals surface area (Å²) >= 11 is 0. The van der Waals surface area contributed by atoms with Crippen LogP contribution in [0.2, 0.25) is 0 Å². The van der Waals surface area contributed by atoms with E-state index in [4.69, 9.17) is 0 Å². The highest BCUT2D eigenvalue weighted by Crippen LogP contribution is 2.19. The van der Waals surface area contributed by atoms with Gasteiger partial charge in [-0.15, -0.1) is 0 Å². The molecule has 0 bridgehead atoms. The molecule has 2 aromatic heterocycles. The van der Waals surface area contributed by atoms with E-state index in [1.165, 1.54) is 10.9 Å². The van der Waals surface area contributed by atoms with Gasteiger partial charge in [-0.05, 0) is 30.7 Å². The van der Waals surface area contributed by atoms with E-state index in [9.17, 15) is 0 Å². The number of nitrogens with zero attached hydrogens (tertiary/aromatic N) is 3. The second-order valence-corrected chi connectivity index (χ2v) is 5.00. The summed E-state index contributed by atoms with van der Waals surface area (Å²) in [5.41, 5.74) is 3.29. The van der Waals surface area contributed by atoms with Crippen LogP contribution in [-0.4, -0.2) is 21.3 Å². The van der Waals surface area contributed by atoms with Crippen molar-refractivity contribution in [3.8, 4) is 0 Å². The Morgan fingerprint density at radius 3 is 2.85 bits per heavy atom. The van der Waals surface area contributed by atoms with Crippen LogP contribution >= 0.6 is 0 Å². The second kappa shape index (κ2) is 5.33. The minimum absolute atomic E-state index is 0.837. The SMILES string of the molecule is Cc1cc2ccccc2nc1NCCc1ccn(C)n1. The predicted octanol–water partition coefficient (Wildman–Crippen LogP) is 2.93. The Hall–Kier alpha value is -2.36. The lowest BCUT2D eigenvalue weighted by atomic mass is 10.1. The van der Waals surface area contributed by atoms with Gasteiger partial charge in [-0.25, -0.2) is 4.98 Å². The van der Waals surface area contributed by atoms with Crippen molar-refractivity contribution in [2.75, 3.05) is 11.9 Å². The maximum Gasteiger partial charge on any atom is 0.129 e. The molecule has 0 aliphatic heterocycles. The molecule has 1 N–H and O–H groups in total. The van der Waals surface area contributed by atoms with Crippen LogP contribution in [0.3, 0.4) is 0 Å². The molecule has 20 heavy (non-hydrogen) atoms. The summed E-state index contributed by atoms with van der Waals surface area (Å²) in [7, 11) is 1.94. The van der Waals surface area contributed by atoms with Crippen LogP contribution in [0.1, 0.15) is 11.3 Å². The highest BCUT2D eigenvalue weighted by atomic mass is 15.2. The van der Waals surface area contributed by atoms with Crippen LogP contribution in [0.5, 0.6) is 0 Å². The lowest BCUT2D eigenvalue weighted by Gasteiger charge is -2.09. The van der Waals surface area contributed by atoms with E-state index in [0.717, 1.165) is 30.0 Å². The smallest absolute Gasteiger partial charge is 0.129 e. The minimum atomic E-state index is 0.837. The van der Waals surface area contributed by atoms with E-state index in [-0.39, 0.29) is 0 Å². The number of fused-ring (bicyclic) bond motifs is 1. The number of hydrogen-bond donors (Lipinski definition) is 1. The zero-order chi connectivity index (χ0) is 13.9. The van der Waals surface area contributed by atoms with Crippen molar-refractivity contribution in [3.63, 3.8) is 0 Å². The molecule has 0 unspecified atom stereocenters. The van der Waals surface area contributed by atoms with Gasteiger partial charge in [0, 0.05) is 31.6 Å². The first-order valence-electron chi connectivity index (χ1n) is 6.81. The summed E-state index contributed by atoms with van der Waals surface area (Å²) in [4.78, 5) is 4.67. The van der Waals surface area contributed by atoms with Crippen molar-refractivity contribution in [1.82, 2.24) is 14.8 Å². The third-order valence-corrected chi connectivity index (χ3v) is 3.36. The number of anilines is 1. The lowest BCUT2D eigenvalue weighted by Crippen LogP contribution is -2.08. The van der Waals surface area contributed by atoms with Gasteiger partial charge in [0.1, 0.15) is 5.82 Å². The van der Waals surface area contributed by atoms with Crippen molar-refractivity contribution in [1.29, 1.82) is 0 Å². The molecule has 2 heterocycles. The van der Waals surface area contributed by atoms with Gasteiger partial charge in [-0.2, -0.15) is 5.10 Å². The topological polar surface area (TPSA) is 42.7 Å². The number of hydrogen-bond acceptors (Lipinski definition) is 3. The number of nitrogens with one attached hydrogen (secondary N) is 1. The van der Waals surface area contributed by atoms with Gasteiger partial charge < -0.3 is 5.32 Å². The summed E-state index contributed by atoms with van der Waals surface area (Å²) in [6.45, 7) is 2.92. The largest absolute Gasteiger partial charge is 0.369 e. The molecule has 0 aliphatic rings. The molecular weight excluding hydrogens is 248 g/mol. The Morgan fingerprint density at radius 1 is 1.20 bits per heavy atom. The zero-order valence-electron chi connectivity index (χ0n) is 11.8. The zero-order valence-corrected chi connectivity index (χ0v) is 11.8. The Kier molecular flexibility index (Phi) is 3.37. The Balaban J connectivity index is 1.72. The molecule has 0 radical (unpaired) electrons. The molecule has 4 heteroatoms. The number of rotatable bonds is 4. The Labute approximate surface area is 118 Å². The molecule has 3 aromatic rings. The highest BCUT2D eigenvalue weighted by Gasteiger charge is 2.03. The van der Waals surface area contributed by atoms with Crippen LogP contribution in [0.25, 0.3) is 10.9 Å². The quantitative estimate of drug-likeness (QED) is 0.789. The van der Waals surface area contributed by atoms with Crippen molar-refractivity contribution in [2.45, 2.75) is 13.3 Å². The lowest BCUT2D eigenvalue weighted by molar-refractivity contribution is 0.742. The summed E-state index contributed by atoms with van der Waals surface area (Å²) in [5.74, 6) is 0.958. The third kappa shape index (κ3) is 2.64. The van der Waals surface area contributed by atoms with E-state index in [1.54, 1.807) is 0 Å². The minimum Gasteiger partial charge on any atom is -0.369 e. The van der Waals surface area contributed by atoms with Crippen molar-refractivity contribution >= 4 is 16.7 Å². The number of para-hydroxylation sites is 1. The van der Waals surface area contributed by atoms with E-state index < -0.39 is 0 Å². The summed E-state index contributed by atoms with van der Waals surface area (Å²) in [6.07, 6.45) is 2.86. The van der Waals surface area contributed by atoms with Crippen LogP contribution in [0.15, 0.2) is 42.6 Å². The molecular formula is C16H18N4. The highest BCUT2D eigenvalue weighted by molar-refractivity contribution is 5.81. The van der Waals surface area contributed by atoms with E-state index in [2.05, 4.69) is 34.5 Å². The standard InChI is InChI=1S/C16H18N4/c1-12-11-13-5-3-4-6-15(13)18-16(12)17-9-7-14-8-10-20(2)19-14/h3-6,8,10-11H,7,9H2,1-2H3,(H,17,18). The second-order valence-electron chi connectivity index (χ2n) is 5.00. The normalized spacial score (nSPS) is 10.9. The van der Waals surface area contributed by atoms with Gasteiger partial charge in [0.25, 0.3) is 0 Å². The van der Waals surface area contributed by atoms with Gasteiger partial charge >= 0.3 is 0 Å². The molecule has 0 atom stereocenters. The molecule has 0 saturated heterocycles. The van der Waals surface area contributed by atoms with Crippen LogP contribution in [0, 0.1) is 6.92 Å². The number of aryl methyl sites for hydroxylation is 2. The molecule has 102 valence electrons. The van der Waals surface area contributed by atoms with Crippen LogP contribution in [0.4, 0.5) is 5.82 Å². The molecule has 0 spiro atoms. The first-order chi connectivity index (χ1) is 9.72. The number of benzene rings is 1. The molecule has 0 aliphatic carbocycles. The maximum atomic E-state index is 4.67. The summed E-state index contributed by atoms with van der Waals surface area (Å²) < 4.78 is 1.83.